The molecule has 0 radical (unpaired) electrons. The molecule has 1 spiro atoms. The Morgan fingerprint density at radius 3 is 2.58 bits per heavy atom. The quantitative estimate of drug-likeness (QED) is 0.736. The van der Waals surface area contributed by atoms with Gasteiger partial charge in [0, 0.05) is 13.0 Å². The zero-order valence-corrected chi connectivity index (χ0v) is 11.3. The van der Waals surface area contributed by atoms with Crippen LogP contribution in [0.15, 0.2) is 0 Å². The largest absolute Gasteiger partial charge is 0.370 e. The van der Waals surface area contributed by atoms with Crippen LogP contribution in [0.5, 0.6) is 0 Å². The Kier molecular flexibility index (Phi) is 3.78. The Morgan fingerprint density at radius 1 is 1.42 bits per heavy atom. The summed E-state index contributed by atoms with van der Waals surface area (Å²) in [7, 11) is 0. The van der Waals surface area contributed by atoms with Crippen LogP contribution in [0, 0.1) is 5.92 Å². The Labute approximate surface area is 112 Å². The van der Waals surface area contributed by atoms with Crippen LogP contribution < -0.4 is 11.1 Å². The molecule has 1 saturated carbocycles. The number of rotatable bonds is 4. The minimum Gasteiger partial charge on any atom is -0.370 e. The number of carbonyl (C=O) groups is 3. The van der Waals surface area contributed by atoms with E-state index < -0.39 is 11.4 Å². The molecule has 6 nitrogen and oxygen atoms in total. The molecule has 0 aromatic heterocycles. The SMILES string of the molecule is CCC1CCC2(CC1)NC(=O)N(CCC(N)=O)C2=O. The van der Waals surface area contributed by atoms with Crippen molar-refractivity contribution in [3.8, 4) is 0 Å². The summed E-state index contributed by atoms with van der Waals surface area (Å²) in [6.07, 6.45) is 4.46. The highest BCUT2D eigenvalue weighted by Gasteiger charge is 2.51. The van der Waals surface area contributed by atoms with E-state index in [2.05, 4.69) is 12.2 Å². The number of nitrogens with zero attached hydrogens (tertiary/aromatic N) is 1. The van der Waals surface area contributed by atoms with Crippen LogP contribution in [-0.4, -0.2) is 34.8 Å². The van der Waals surface area contributed by atoms with Crippen molar-refractivity contribution in [2.45, 2.75) is 51.0 Å². The fourth-order valence-corrected chi connectivity index (χ4v) is 3.02. The van der Waals surface area contributed by atoms with E-state index in [1.54, 1.807) is 0 Å². The van der Waals surface area contributed by atoms with Crippen molar-refractivity contribution >= 4 is 17.8 Å². The van der Waals surface area contributed by atoms with Crippen LogP contribution in [0.25, 0.3) is 0 Å². The molecule has 2 aliphatic rings. The smallest absolute Gasteiger partial charge is 0.325 e. The number of hydrogen-bond donors (Lipinski definition) is 2. The maximum Gasteiger partial charge on any atom is 0.325 e. The molecule has 0 unspecified atom stereocenters. The molecule has 1 aliphatic carbocycles. The zero-order valence-electron chi connectivity index (χ0n) is 11.3. The van der Waals surface area contributed by atoms with Gasteiger partial charge in [0.05, 0.1) is 0 Å². The average Bonchev–Trinajstić information content (AvgIpc) is 2.60. The molecule has 2 rings (SSSR count). The van der Waals surface area contributed by atoms with Gasteiger partial charge < -0.3 is 11.1 Å². The van der Waals surface area contributed by atoms with Gasteiger partial charge in [0.2, 0.25) is 5.91 Å². The molecular formula is C13H21N3O3. The highest BCUT2D eigenvalue weighted by molar-refractivity contribution is 6.07. The van der Waals surface area contributed by atoms with Gasteiger partial charge in [0.1, 0.15) is 5.54 Å². The lowest BCUT2D eigenvalue weighted by Crippen LogP contribution is -2.49. The molecule has 6 heteroatoms. The normalized spacial score (nSPS) is 30.8. The van der Waals surface area contributed by atoms with E-state index in [9.17, 15) is 14.4 Å². The standard InChI is InChI=1S/C13H21N3O3/c1-2-9-3-6-13(7-4-9)11(18)16(12(19)15-13)8-5-10(14)17/h9H,2-8H2,1H3,(H2,14,17)(H,15,19). The first-order valence-electron chi connectivity index (χ1n) is 6.91. The predicted octanol–water partition coefficient (Wildman–Crippen LogP) is 0.753. The van der Waals surface area contributed by atoms with Crippen LogP contribution in [0.1, 0.15) is 45.4 Å². The molecule has 19 heavy (non-hydrogen) atoms. The zero-order chi connectivity index (χ0) is 14.0. The van der Waals surface area contributed by atoms with Crippen molar-refractivity contribution in [2.24, 2.45) is 11.7 Å². The second-order valence-electron chi connectivity index (χ2n) is 5.54. The molecule has 4 amide bonds. The minimum atomic E-state index is -0.722. The summed E-state index contributed by atoms with van der Waals surface area (Å²) in [5.74, 6) is -0.0421. The summed E-state index contributed by atoms with van der Waals surface area (Å²) in [6, 6.07) is -0.388. The maximum absolute atomic E-state index is 12.4. The Hall–Kier alpha value is -1.59. The number of nitrogens with one attached hydrogen (secondary N) is 1. The molecule has 0 aromatic carbocycles. The maximum atomic E-state index is 12.4. The van der Waals surface area contributed by atoms with Crippen LogP contribution in [0.2, 0.25) is 0 Å². The van der Waals surface area contributed by atoms with Crippen molar-refractivity contribution in [2.75, 3.05) is 6.54 Å². The van der Waals surface area contributed by atoms with E-state index >= 15 is 0 Å². The van der Waals surface area contributed by atoms with Gasteiger partial charge in [-0.2, -0.15) is 0 Å². The van der Waals surface area contributed by atoms with E-state index in [1.165, 1.54) is 0 Å². The summed E-state index contributed by atoms with van der Waals surface area (Å²) < 4.78 is 0. The monoisotopic (exact) mass is 267 g/mol. The number of imide groups is 1. The van der Waals surface area contributed by atoms with E-state index in [4.69, 9.17) is 5.73 Å². The number of carbonyl (C=O) groups excluding carboxylic acids is 3. The predicted molar refractivity (Wildman–Crippen MR) is 69.0 cm³/mol. The molecule has 1 aliphatic heterocycles. The first-order valence-corrected chi connectivity index (χ1v) is 6.91. The third-order valence-electron chi connectivity index (χ3n) is 4.36. The summed E-state index contributed by atoms with van der Waals surface area (Å²) >= 11 is 0. The van der Waals surface area contributed by atoms with Crippen LogP contribution in [0.3, 0.4) is 0 Å². The van der Waals surface area contributed by atoms with Crippen LogP contribution in [0.4, 0.5) is 4.79 Å². The van der Waals surface area contributed by atoms with E-state index in [0.29, 0.717) is 18.8 Å². The van der Waals surface area contributed by atoms with Gasteiger partial charge in [-0.25, -0.2) is 4.79 Å². The number of hydrogen-bond acceptors (Lipinski definition) is 3. The number of nitrogens with two attached hydrogens (primary N) is 1. The topological polar surface area (TPSA) is 92.5 Å². The number of urea groups is 1. The van der Waals surface area contributed by atoms with Gasteiger partial charge in [-0.05, 0) is 31.6 Å². The van der Waals surface area contributed by atoms with Crippen molar-refractivity contribution < 1.29 is 14.4 Å². The summed E-state index contributed by atoms with van der Waals surface area (Å²) in [4.78, 5) is 36.2. The van der Waals surface area contributed by atoms with Crippen molar-refractivity contribution in [1.29, 1.82) is 0 Å². The molecule has 1 saturated heterocycles. The molecule has 2 fully saturated rings. The molecule has 0 aromatic rings. The Morgan fingerprint density at radius 2 is 2.05 bits per heavy atom. The Balaban J connectivity index is 2.03. The average molecular weight is 267 g/mol. The summed E-state index contributed by atoms with van der Waals surface area (Å²) in [5, 5.41) is 2.82. The molecule has 1 heterocycles. The van der Waals surface area contributed by atoms with Crippen LogP contribution in [-0.2, 0) is 9.59 Å². The summed E-state index contributed by atoms with van der Waals surface area (Å²) in [6.45, 7) is 2.23. The van der Waals surface area contributed by atoms with Crippen molar-refractivity contribution in [3.05, 3.63) is 0 Å². The third kappa shape index (κ3) is 2.57. The molecule has 3 N–H and O–H groups in total. The molecule has 106 valence electrons. The van der Waals surface area contributed by atoms with Gasteiger partial charge >= 0.3 is 6.03 Å². The van der Waals surface area contributed by atoms with Crippen LogP contribution >= 0.6 is 0 Å². The fourth-order valence-electron chi connectivity index (χ4n) is 3.02. The third-order valence-corrected chi connectivity index (χ3v) is 4.36. The lowest BCUT2D eigenvalue weighted by atomic mass is 9.75. The lowest BCUT2D eigenvalue weighted by Gasteiger charge is -2.34. The molecular weight excluding hydrogens is 246 g/mol. The molecule has 0 bridgehead atoms. The minimum absolute atomic E-state index is 0.0207. The van der Waals surface area contributed by atoms with Gasteiger partial charge in [-0.3, -0.25) is 14.5 Å². The first kappa shape index (κ1) is 13.8. The highest BCUT2D eigenvalue weighted by Crippen LogP contribution is 2.37. The van der Waals surface area contributed by atoms with Gasteiger partial charge in [-0.15, -0.1) is 0 Å². The molecule has 0 atom stereocenters. The van der Waals surface area contributed by atoms with E-state index in [0.717, 1.165) is 24.2 Å². The number of amides is 4. The van der Waals surface area contributed by atoms with Gasteiger partial charge in [0.25, 0.3) is 5.91 Å². The van der Waals surface area contributed by atoms with E-state index in [1.807, 2.05) is 0 Å². The highest BCUT2D eigenvalue weighted by atomic mass is 16.2. The lowest BCUT2D eigenvalue weighted by molar-refractivity contribution is -0.133. The number of primary amides is 1. The first-order chi connectivity index (χ1) is 8.98. The van der Waals surface area contributed by atoms with Crippen molar-refractivity contribution in [3.63, 3.8) is 0 Å². The second kappa shape index (κ2) is 5.19. The second-order valence-corrected chi connectivity index (χ2v) is 5.54. The van der Waals surface area contributed by atoms with Crippen molar-refractivity contribution in [1.82, 2.24) is 10.2 Å². The summed E-state index contributed by atoms with van der Waals surface area (Å²) in [5.41, 5.74) is 4.34. The van der Waals surface area contributed by atoms with Gasteiger partial charge in [-0.1, -0.05) is 13.3 Å². The van der Waals surface area contributed by atoms with Gasteiger partial charge in [0.15, 0.2) is 0 Å². The van der Waals surface area contributed by atoms with E-state index in [-0.39, 0.29) is 24.9 Å². The fraction of sp³-hybridized carbons (Fsp3) is 0.769. The Bertz CT molecular complexity index is 400.